The van der Waals surface area contributed by atoms with E-state index in [4.69, 9.17) is 4.42 Å². The van der Waals surface area contributed by atoms with Crippen LogP contribution in [0.3, 0.4) is 0 Å². The van der Waals surface area contributed by atoms with Crippen LogP contribution in [0.25, 0.3) is 0 Å². The number of nitrogens with one attached hydrogen (secondary N) is 2. The molecule has 2 N–H and O–H groups in total. The average molecular weight is 294 g/mol. The Balaban J connectivity index is 2.25. The van der Waals surface area contributed by atoms with E-state index in [1.807, 2.05) is 12.1 Å². The molecule has 0 spiro atoms. The summed E-state index contributed by atoms with van der Waals surface area (Å²) < 4.78 is 5.32. The van der Waals surface area contributed by atoms with E-state index >= 15 is 0 Å². The summed E-state index contributed by atoms with van der Waals surface area (Å²) in [4.78, 5) is 7.03. The second kappa shape index (κ2) is 11.2. The highest BCUT2D eigenvalue weighted by atomic mass is 16.3. The summed E-state index contributed by atoms with van der Waals surface area (Å²) in [6, 6.07) is 3.91. The van der Waals surface area contributed by atoms with Crippen LogP contribution in [0.4, 0.5) is 0 Å². The highest BCUT2D eigenvalue weighted by molar-refractivity contribution is 5.79. The largest absolute Gasteiger partial charge is 0.469 e. The second-order valence-corrected chi connectivity index (χ2v) is 4.90. The maximum atomic E-state index is 5.32. The van der Waals surface area contributed by atoms with E-state index in [1.54, 1.807) is 6.26 Å². The third-order valence-electron chi connectivity index (χ3n) is 3.38. The lowest BCUT2D eigenvalue weighted by molar-refractivity contribution is 0.302. The van der Waals surface area contributed by atoms with Gasteiger partial charge in [-0.2, -0.15) is 0 Å². The van der Waals surface area contributed by atoms with Crippen LogP contribution < -0.4 is 10.6 Å². The monoisotopic (exact) mass is 294 g/mol. The van der Waals surface area contributed by atoms with Crippen LogP contribution in [-0.4, -0.2) is 50.1 Å². The summed E-state index contributed by atoms with van der Waals surface area (Å²) in [5.74, 6) is 1.89. The first-order chi connectivity index (χ1) is 10.3. The predicted molar refractivity (Wildman–Crippen MR) is 88.8 cm³/mol. The van der Waals surface area contributed by atoms with E-state index in [9.17, 15) is 0 Å². The number of hydrogen-bond donors (Lipinski definition) is 2. The van der Waals surface area contributed by atoms with Crippen LogP contribution in [0.5, 0.6) is 0 Å². The molecule has 0 bridgehead atoms. The molecular weight excluding hydrogens is 264 g/mol. The molecule has 1 heterocycles. The van der Waals surface area contributed by atoms with E-state index in [0.717, 1.165) is 63.8 Å². The first-order valence-corrected chi connectivity index (χ1v) is 8.07. The van der Waals surface area contributed by atoms with E-state index in [0.29, 0.717) is 0 Å². The highest BCUT2D eigenvalue weighted by Crippen LogP contribution is 1.99. The third-order valence-corrected chi connectivity index (χ3v) is 3.38. The van der Waals surface area contributed by atoms with Crippen LogP contribution in [0, 0.1) is 0 Å². The molecule has 0 atom stereocenters. The predicted octanol–water partition coefficient (Wildman–Crippen LogP) is 2.11. The van der Waals surface area contributed by atoms with Crippen LogP contribution in [-0.2, 0) is 6.42 Å². The van der Waals surface area contributed by atoms with Gasteiger partial charge in [0.1, 0.15) is 5.76 Å². The Hall–Kier alpha value is -1.49. The third kappa shape index (κ3) is 7.75. The zero-order valence-electron chi connectivity index (χ0n) is 13.7. The molecule has 1 rings (SSSR count). The van der Waals surface area contributed by atoms with Gasteiger partial charge >= 0.3 is 0 Å². The number of furan rings is 1. The molecule has 120 valence electrons. The number of hydrogen-bond acceptors (Lipinski definition) is 3. The average Bonchev–Trinajstić information content (AvgIpc) is 3.00. The van der Waals surface area contributed by atoms with Crippen molar-refractivity contribution in [3.63, 3.8) is 0 Å². The maximum absolute atomic E-state index is 5.32. The minimum absolute atomic E-state index is 0.829. The normalized spacial score (nSPS) is 11.9. The second-order valence-electron chi connectivity index (χ2n) is 4.90. The molecule has 0 amide bonds. The van der Waals surface area contributed by atoms with Crippen LogP contribution >= 0.6 is 0 Å². The molecule has 1 aromatic rings. The van der Waals surface area contributed by atoms with Crippen molar-refractivity contribution in [2.24, 2.45) is 4.99 Å². The van der Waals surface area contributed by atoms with E-state index in [-0.39, 0.29) is 0 Å². The van der Waals surface area contributed by atoms with Gasteiger partial charge in [-0.15, -0.1) is 0 Å². The van der Waals surface area contributed by atoms with Gasteiger partial charge in [0.05, 0.1) is 6.26 Å². The molecule has 0 fully saturated rings. The molecule has 5 nitrogen and oxygen atoms in total. The minimum atomic E-state index is 0.829. The van der Waals surface area contributed by atoms with Gasteiger partial charge in [0.2, 0.25) is 0 Å². The summed E-state index contributed by atoms with van der Waals surface area (Å²) in [5.41, 5.74) is 0. The van der Waals surface area contributed by atoms with Crippen molar-refractivity contribution < 1.29 is 4.42 Å². The Morgan fingerprint density at radius 1 is 1.24 bits per heavy atom. The molecule has 0 aliphatic carbocycles. The minimum Gasteiger partial charge on any atom is -0.469 e. The SMILES string of the molecule is CCNC(=NCCCN(CC)CC)NCCc1ccco1. The first kappa shape index (κ1) is 17.6. The van der Waals surface area contributed by atoms with Gasteiger partial charge in [-0.05, 0) is 45.1 Å². The van der Waals surface area contributed by atoms with Crippen LogP contribution in [0.2, 0.25) is 0 Å². The molecule has 0 radical (unpaired) electrons. The quantitative estimate of drug-likeness (QED) is 0.394. The molecule has 0 saturated carbocycles. The summed E-state index contributed by atoms with van der Waals surface area (Å²) in [6.45, 7) is 12.4. The van der Waals surface area contributed by atoms with E-state index < -0.39 is 0 Å². The lowest BCUT2D eigenvalue weighted by Crippen LogP contribution is -2.38. The van der Waals surface area contributed by atoms with Crippen molar-refractivity contribution in [2.75, 3.05) is 39.3 Å². The molecule has 5 heteroatoms. The fourth-order valence-electron chi connectivity index (χ4n) is 2.13. The van der Waals surface area contributed by atoms with Gasteiger partial charge < -0.3 is 20.0 Å². The maximum Gasteiger partial charge on any atom is 0.191 e. The molecule has 1 aromatic heterocycles. The Morgan fingerprint density at radius 2 is 2.05 bits per heavy atom. The van der Waals surface area contributed by atoms with Crippen molar-refractivity contribution in [2.45, 2.75) is 33.6 Å². The zero-order chi connectivity index (χ0) is 15.3. The van der Waals surface area contributed by atoms with Crippen molar-refractivity contribution in [1.29, 1.82) is 0 Å². The van der Waals surface area contributed by atoms with Gasteiger partial charge in [-0.3, -0.25) is 4.99 Å². The van der Waals surface area contributed by atoms with Crippen LogP contribution in [0.15, 0.2) is 27.8 Å². The first-order valence-electron chi connectivity index (χ1n) is 8.07. The number of nitrogens with zero attached hydrogens (tertiary/aromatic N) is 2. The molecule has 21 heavy (non-hydrogen) atoms. The number of rotatable bonds is 10. The van der Waals surface area contributed by atoms with Crippen molar-refractivity contribution in [3.05, 3.63) is 24.2 Å². The van der Waals surface area contributed by atoms with E-state index in [2.05, 4.69) is 41.3 Å². The summed E-state index contributed by atoms with van der Waals surface area (Å²) in [5, 5.41) is 6.61. The van der Waals surface area contributed by atoms with Crippen molar-refractivity contribution in [3.8, 4) is 0 Å². The molecule has 0 saturated heterocycles. The fraction of sp³-hybridized carbons (Fsp3) is 0.688. The number of guanidine groups is 1. The lowest BCUT2D eigenvalue weighted by Gasteiger charge is -2.17. The smallest absolute Gasteiger partial charge is 0.191 e. The van der Waals surface area contributed by atoms with Gasteiger partial charge in [-0.25, -0.2) is 0 Å². The molecule has 0 aromatic carbocycles. The van der Waals surface area contributed by atoms with Crippen LogP contribution in [0.1, 0.15) is 33.0 Å². The Morgan fingerprint density at radius 3 is 2.67 bits per heavy atom. The van der Waals surface area contributed by atoms with Gasteiger partial charge in [0.15, 0.2) is 5.96 Å². The zero-order valence-corrected chi connectivity index (χ0v) is 13.7. The van der Waals surface area contributed by atoms with Crippen molar-refractivity contribution >= 4 is 5.96 Å². The topological polar surface area (TPSA) is 52.8 Å². The Kier molecular flexibility index (Phi) is 9.37. The fourth-order valence-corrected chi connectivity index (χ4v) is 2.13. The molecule has 0 aliphatic rings. The van der Waals surface area contributed by atoms with Gasteiger partial charge in [0, 0.05) is 26.1 Å². The van der Waals surface area contributed by atoms with E-state index in [1.165, 1.54) is 0 Å². The highest BCUT2D eigenvalue weighted by Gasteiger charge is 2.00. The standard InChI is InChI=1S/C16H30N4O/c1-4-17-16(18-11-8-13-20(5-2)6-3)19-12-10-15-9-7-14-21-15/h7,9,14H,4-6,8,10-13H2,1-3H3,(H2,17,18,19). The van der Waals surface area contributed by atoms with Gasteiger partial charge in [0.25, 0.3) is 0 Å². The summed E-state index contributed by atoms with van der Waals surface area (Å²) >= 11 is 0. The summed E-state index contributed by atoms with van der Waals surface area (Å²) in [6.07, 6.45) is 3.68. The lowest BCUT2D eigenvalue weighted by atomic mass is 10.3. The van der Waals surface area contributed by atoms with Crippen molar-refractivity contribution in [1.82, 2.24) is 15.5 Å². The molecule has 0 unspecified atom stereocenters. The molecule has 0 aliphatic heterocycles. The summed E-state index contributed by atoms with van der Waals surface area (Å²) in [7, 11) is 0. The van der Waals surface area contributed by atoms with Gasteiger partial charge in [-0.1, -0.05) is 13.8 Å². The molecular formula is C16H30N4O. The Labute approximate surface area is 128 Å². The Bertz CT molecular complexity index is 372. The number of aliphatic imine (C=N–C) groups is 1.